The highest BCUT2D eigenvalue weighted by Gasteiger charge is 2.39. The number of aliphatic hydroxyl groups excluding tert-OH is 1. The van der Waals surface area contributed by atoms with Crippen molar-refractivity contribution in [1.29, 1.82) is 37.9 Å². The third-order valence-electron chi connectivity index (χ3n) is 19.9. The molecule has 0 saturated heterocycles. The Kier molecular flexibility index (Phi) is 57.5. The normalized spacial score (nSPS) is 14.0. The molecule has 0 aliphatic carbocycles. The molecule has 44 N–H and O–H groups in total. The van der Waals surface area contributed by atoms with Crippen molar-refractivity contribution in [2.45, 2.75) is 249 Å². The van der Waals surface area contributed by atoms with E-state index in [9.17, 15) is 92.0 Å². The van der Waals surface area contributed by atoms with E-state index in [-0.39, 0.29) is 172 Å². The molecule has 0 fully saturated rings. The highest BCUT2D eigenvalue weighted by atomic mass is 16.4. The molecule has 128 heavy (non-hydrogen) atoms. The Labute approximate surface area is 743 Å². The van der Waals surface area contributed by atoms with Gasteiger partial charge in [0.05, 0.1) is 42.7 Å². The molecule has 0 aromatic heterocycles. The zero-order chi connectivity index (χ0) is 97.3. The van der Waals surface area contributed by atoms with Crippen LogP contribution >= 0.6 is 0 Å². The molecule has 0 saturated carbocycles. The van der Waals surface area contributed by atoms with Gasteiger partial charge in [-0.05, 0) is 134 Å². The summed E-state index contributed by atoms with van der Waals surface area (Å²) >= 11 is 0. The van der Waals surface area contributed by atoms with Gasteiger partial charge in [-0.2, -0.15) is 0 Å². The maximum atomic E-state index is 14.9. The highest BCUT2D eigenvalue weighted by molar-refractivity contribution is 6.00. The first-order chi connectivity index (χ1) is 60.1. The summed E-state index contributed by atoms with van der Waals surface area (Å²) in [4.78, 5) is 223. The van der Waals surface area contributed by atoms with Gasteiger partial charge in [0.2, 0.25) is 59.1 Å². The minimum absolute atomic E-state index is 0.00816. The molecule has 51 heteroatoms. The van der Waals surface area contributed by atoms with E-state index in [0.717, 1.165) is 0 Å². The maximum Gasteiger partial charge on any atom is 0.303 e. The number of nitrogens with one attached hydrogen (secondary N) is 23. The second kappa shape index (κ2) is 64.0. The molecule has 10 amide bonds. The van der Waals surface area contributed by atoms with Crippen LogP contribution in [0.5, 0.6) is 0 Å². The quantitative estimate of drug-likeness (QED) is 0.0153. The number of amides is 10. The lowest BCUT2D eigenvalue weighted by Crippen LogP contribution is -2.57. The standard InChI is InChI=1S/C77H142N32O19/c1-40(2)33-44(64(122)106-51(16-9-29-98-74(86)87)69(127)108-53(18-11-31-100-76(90)91)67(125)104-49(21-24-60(116)117)55(111)35-42(62(120)94-5)13-6-26-95-71(80)81)37-57(113)47(15-8-28-97-73(84)85)102-65(123)45(39-110)38-58(114)48(20-23-59(79)115)103-63(121)43(14-7-27-96-72(82)83)36-56(112)50(22-25-61(118)119)105-68(126)54(19-12-32-101-77(92)93)109-70(128)52(17-10-30-99-75(88)89)107-66(124)46(78)34-41(3)4/h40-54,110H,6-39,78H2,1-5H3,(H2,79,115)(H,94,120)(H,102,123)(H,103,121)(H,104,125)(H,105,126)(H,106,122)(H,107,124)(H,108,127)(H,109,128)(H,116,117)(H,118,119)(H4,80,81,95)(H4,82,83,96)(H4,84,85,97)(H4,86,87,98)(H4,88,89,99)(H4,90,91,100)(H4,92,93,101). The van der Waals surface area contributed by atoms with E-state index >= 15 is 0 Å². The van der Waals surface area contributed by atoms with E-state index in [2.05, 4.69) is 85.1 Å². The van der Waals surface area contributed by atoms with Crippen LogP contribution < -0.4 is 137 Å². The molecule has 0 spiro atoms. The molecule has 0 aromatic carbocycles. The third kappa shape index (κ3) is 53.5. The molecular weight excluding hydrogens is 1680 g/mol. The first-order valence-corrected chi connectivity index (χ1v) is 42.5. The fourth-order valence-corrected chi connectivity index (χ4v) is 13.3. The molecule has 0 radical (unpaired) electrons. The minimum Gasteiger partial charge on any atom is -0.481 e. The summed E-state index contributed by atoms with van der Waals surface area (Å²) in [7, 11) is 1.33. The van der Waals surface area contributed by atoms with E-state index < -0.39 is 273 Å². The number of carboxylic acid groups (broad SMARTS) is 2. The summed E-state index contributed by atoms with van der Waals surface area (Å²) in [6.45, 7) is 5.97. The van der Waals surface area contributed by atoms with Crippen molar-refractivity contribution >= 4 is 136 Å². The molecule has 0 aromatic rings. The second-order valence-corrected chi connectivity index (χ2v) is 31.9. The molecule has 51 nitrogen and oxygen atoms in total. The van der Waals surface area contributed by atoms with Crippen LogP contribution in [0.3, 0.4) is 0 Å². The molecule has 724 valence electrons. The first kappa shape index (κ1) is 115. The number of carbonyl (C=O) groups excluding carboxylic acids is 14. The van der Waals surface area contributed by atoms with Crippen molar-refractivity contribution in [2.24, 2.45) is 87.1 Å². The van der Waals surface area contributed by atoms with Crippen molar-refractivity contribution in [3.05, 3.63) is 0 Å². The van der Waals surface area contributed by atoms with Crippen molar-refractivity contribution in [1.82, 2.24) is 85.1 Å². The Morgan fingerprint density at radius 1 is 0.281 bits per heavy atom. The van der Waals surface area contributed by atoms with Crippen LogP contribution in [0.4, 0.5) is 0 Å². The summed E-state index contributed by atoms with van der Waals surface area (Å²) in [6, 6.07) is -13.7. The summed E-state index contributed by atoms with van der Waals surface area (Å²) in [5, 5.41) is 125. The number of guanidine groups is 7. The van der Waals surface area contributed by atoms with Crippen LogP contribution in [0, 0.1) is 73.4 Å². The molecule has 0 aliphatic heterocycles. The number of Topliss-reactive ketones (excluding diaryl/α,β-unsaturated/α-hetero) is 4. The van der Waals surface area contributed by atoms with Gasteiger partial charge in [0, 0.05) is 116 Å². The monoisotopic (exact) mass is 1820 g/mol. The van der Waals surface area contributed by atoms with Gasteiger partial charge >= 0.3 is 11.9 Å². The Balaban J connectivity index is 7.77. The Bertz CT molecular complexity index is 3740. The van der Waals surface area contributed by atoms with E-state index in [4.69, 9.17) is 89.5 Å². The van der Waals surface area contributed by atoms with Crippen LogP contribution in [-0.2, 0) is 76.7 Å². The lowest BCUT2D eigenvalue weighted by atomic mass is 9.88. The zero-order valence-corrected chi connectivity index (χ0v) is 73.8. The summed E-state index contributed by atoms with van der Waals surface area (Å²) in [5.74, 6) is -24.6. The van der Waals surface area contributed by atoms with Gasteiger partial charge in [-0.3, -0.25) is 115 Å². The number of ketones is 4. The van der Waals surface area contributed by atoms with Crippen LogP contribution in [0.2, 0.25) is 0 Å². The number of hydrogen-bond acceptors (Lipinski definition) is 25. The van der Waals surface area contributed by atoms with Crippen LogP contribution in [0.1, 0.15) is 195 Å². The molecule has 13 atom stereocenters. The lowest BCUT2D eigenvalue weighted by molar-refractivity contribution is -0.139. The average Bonchev–Trinajstić information content (AvgIpc) is 0.855. The highest BCUT2D eigenvalue weighted by Crippen LogP contribution is 2.23. The molecule has 0 rings (SSSR count). The van der Waals surface area contributed by atoms with E-state index in [1.54, 1.807) is 13.8 Å². The molecule has 0 bridgehead atoms. The number of carbonyl (C=O) groups is 16. The molecular formula is C77H142N32O19. The minimum atomic E-state index is -1.75. The SMILES string of the molecule is CNC(=O)C(CCCNC(=N)N)CC(=O)C(CCC(=O)O)NC(=O)C(CCCNC(=N)N)NC(=O)C(CCCNC(=N)N)NC(=O)C(CC(=O)C(CCCNC(=N)N)NC(=O)C(CO)CC(=O)C(CCC(N)=O)NC(=O)C(CCCNC(=N)N)CC(=O)C(CCC(=O)O)NC(=O)C(CCCNC(=N)N)NC(=O)C(CCCNC(=N)N)NC(=O)C(N)CC(C)C)CC(C)C. The maximum absolute atomic E-state index is 14.9. The van der Waals surface area contributed by atoms with Gasteiger partial charge in [0.15, 0.2) is 64.8 Å². The number of aliphatic carboxylic acids is 2. The van der Waals surface area contributed by atoms with Crippen molar-refractivity contribution < 1.29 is 92.0 Å². The van der Waals surface area contributed by atoms with Gasteiger partial charge in [-0.25, -0.2) is 0 Å². The Morgan fingerprint density at radius 2 is 0.508 bits per heavy atom. The van der Waals surface area contributed by atoms with Crippen molar-refractivity contribution in [3.8, 4) is 0 Å². The largest absolute Gasteiger partial charge is 0.481 e. The predicted molar refractivity (Wildman–Crippen MR) is 472 cm³/mol. The summed E-state index contributed by atoms with van der Waals surface area (Å²) in [5.41, 5.74) is 50.1. The summed E-state index contributed by atoms with van der Waals surface area (Å²) < 4.78 is 0. The fourth-order valence-electron chi connectivity index (χ4n) is 13.3. The van der Waals surface area contributed by atoms with Crippen LogP contribution in [0.25, 0.3) is 0 Å². The number of primary amides is 1. The van der Waals surface area contributed by atoms with E-state index in [1.807, 2.05) is 13.8 Å². The number of hydrogen-bond donors (Lipinski definition) is 35. The zero-order valence-electron chi connectivity index (χ0n) is 73.8. The van der Waals surface area contributed by atoms with Crippen molar-refractivity contribution in [2.75, 3.05) is 59.5 Å². The molecule has 0 heterocycles. The topological polar surface area (TPSA) is 927 Å². The Morgan fingerprint density at radius 3 is 0.789 bits per heavy atom. The van der Waals surface area contributed by atoms with Gasteiger partial charge in [-0.15, -0.1) is 0 Å². The van der Waals surface area contributed by atoms with E-state index in [1.165, 1.54) is 7.05 Å². The second-order valence-electron chi connectivity index (χ2n) is 31.9. The number of rotatable bonds is 71. The summed E-state index contributed by atoms with van der Waals surface area (Å²) in [6.07, 6.45) is -7.08. The smallest absolute Gasteiger partial charge is 0.303 e. The number of nitrogens with two attached hydrogens (primary N) is 9. The number of aliphatic hydroxyl groups is 1. The van der Waals surface area contributed by atoms with Gasteiger partial charge < -0.3 is 152 Å². The van der Waals surface area contributed by atoms with E-state index in [0.29, 0.717) is 0 Å². The predicted octanol–water partition coefficient (Wildman–Crippen LogP) is -7.84. The molecule has 13 unspecified atom stereocenters. The van der Waals surface area contributed by atoms with Crippen LogP contribution in [0.15, 0.2) is 0 Å². The first-order valence-electron chi connectivity index (χ1n) is 42.5. The molecule has 0 aliphatic rings. The van der Waals surface area contributed by atoms with Gasteiger partial charge in [0.25, 0.3) is 0 Å². The Hall–Kier alpha value is -12.9. The number of carboxylic acids is 2. The fraction of sp³-hybridized carbons (Fsp3) is 0.701. The van der Waals surface area contributed by atoms with Crippen LogP contribution in [-0.4, -0.2) is 265 Å². The third-order valence-corrected chi connectivity index (χ3v) is 19.9. The average molecular weight is 1820 g/mol. The lowest BCUT2D eigenvalue weighted by Gasteiger charge is -2.28. The van der Waals surface area contributed by atoms with Crippen molar-refractivity contribution in [3.63, 3.8) is 0 Å². The van der Waals surface area contributed by atoms with Gasteiger partial charge in [-0.1, -0.05) is 27.7 Å². The van der Waals surface area contributed by atoms with Gasteiger partial charge in [0.1, 0.15) is 24.2 Å².